The number of hydrogen-bond acceptors (Lipinski definition) is 2. The lowest BCUT2D eigenvalue weighted by Crippen LogP contribution is -2.30. The lowest BCUT2D eigenvalue weighted by Gasteiger charge is -2.18. The van der Waals surface area contributed by atoms with Crippen LogP contribution in [0.1, 0.15) is 11.1 Å². The second-order valence-corrected chi connectivity index (χ2v) is 6.67. The molecule has 0 fully saturated rings. The molecule has 0 radical (unpaired) electrons. The molecule has 3 aromatic rings. The first-order chi connectivity index (χ1) is 14.0. The van der Waals surface area contributed by atoms with Crippen molar-refractivity contribution in [3.63, 3.8) is 0 Å². The second-order valence-electron chi connectivity index (χ2n) is 6.67. The first-order valence-corrected chi connectivity index (χ1v) is 9.20. The van der Waals surface area contributed by atoms with Crippen LogP contribution in [0.15, 0.2) is 78.9 Å². The van der Waals surface area contributed by atoms with Crippen LogP contribution in [-0.2, 0) is 17.8 Å². The van der Waals surface area contributed by atoms with Gasteiger partial charge in [-0.2, -0.15) is 0 Å². The Morgan fingerprint density at radius 3 is 2.17 bits per heavy atom. The van der Waals surface area contributed by atoms with E-state index in [2.05, 4.69) is 10.6 Å². The monoisotopic (exact) mass is 391 g/mol. The summed E-state index contributed by atoms with van der Waals surface area (Å²) in [5, 5.41) is 5.38. The minimum Gasteiger partial charge on any atom is -0.323 e. The number of carbonyl (C=O) groups excluding carboxylic acids is 2. The highest BCUT2D eigenvalue weighted by atomic mass is 19.1. The molecule has 2 N–H and O–H groups in total. The number of nitrogens with one attached hydrogen (secondary N) is 2. The summed E-state index contributed by atoms with van der Waals surface area (Å²) in [7, 11) is 1.73. The van der Waals surface area contributed by atoms with Gasteiger partial charge in [0.25, 0.3) is 0 Å². The van der Waals surface area contributed by atoms with Gasteiger partial charge in [-0.15, -0.1) is 0 Å². The van der Waals surface area contributed by atoms with Crippen LogP contribution >= 0.6 is 0 Å². The van der Waals surface area contributed by atoms with Crippen molar-refractivity contribution >= 4 is 23.3 Å². The molecule has 0 aliphatic rings. The molecule has 6 heteroatoms. The number of benzene rings is 3. The van der Waals surface area contributed by atoms with Crippen molar-refractivity contribution in [1.82, 2.24) is 4.90 Å². The number of rotatable bonds is 6. The minimum absolute atomic E-state index is 0.108. The highest BCUT2D eigenvalue weighted by Gasteiger charge is 2.10. The van der Waals surface area contributed by atoms with Crippen molar-refractivity contribution in [1.29, 1.82) is 0 Å². The van der Waals surface area contributed by atoms with E-state index in [0.29, 0.717) is 12.2 Å². The highest BCUT2D eigenvalue weighted by molar-refractivity contribution is 5.92. The molecule has 3 aromatic carbocycles. The highest BCUT2D eigenvalue weighted by Crippen LogP contribution is 2.15. The molecule has 29 heavy (non-hydrogen) atoms. The number of nitrogens with zero attached hydrogens (tertiary/aromatic N) is 1. The molecule has 0 heterocycles. The molecule has 0 bridgehead atoms. The zero-order valence-electron chi connectivity index (χ0n) is 16.1. The van der Waals surface area contributed by atoms with E-state index in [-0.39, 0.29) is 24.0 Å². The SMILES string of the molecule is CN(Cc1ccccc1)C(=O)Nc1ccc(CC(=O)Nc2ccccc2F)cc1. The number of anilines is 2. The molecule has 3 rings (SSSR count). The summed E-state index contributed by atoms with van der Waals surface area (Å²) in [4.78, 5) is 26.0. The van der Waals surface area contributed by atoms with Crippen LogP contribution in [0.2, 0.25) is 0 Å². The number of hydrogen-bond donors (Lipinski definition) is 2. The maximum atomic E-state index is 13.6. The van der Waals surface area contributed by atoms with Crippen LogP contribution in [0, 0.1) is 5.82 Å². The van der Waals surface area contributed by atoms with Crippen molar-refractivity contribution in [3.05, 3.63) is 95.8 Å². The summed E-state index contributed by atoms with van der Waals surface area (Å²) < 4.78 is 13.6. The van der Waals surface area contributed by atoms with E-state index in [1.54, 1.807) is 48.3 Å². The van der Waals surface area contributed by atoms with E-state index in [0.717, 1.165) is 11.1 Å². The molecule has 3 amide bonds. The Morgan fingerprint density at radius 2 is 1.48 bits per heavy atom. The summed E-state index contributed by atoms with van der Waals surface area (Å²) in [5.74, 6) is -0.784. The van der Waals surface area contributed by atoms with E-state index in [1.165, 1.54) is 12.1 Å². The Labute approximate surface area is 169 Å². The minimum atomic E-state index is -0.474. The smallest absolute Gasteiger partial charge is 0.321 e. The van der Waals surface area contributed by atoms with Crippen LogP contribution in [0.4, 0.5) is 20.6 Å². The fourth-order valence-electron chi connectivity index (χ4n) is 2.80. The Bertz CT molecular complexity index is 975. The van der Waals surface area contributed by atoms with Gasteiger partial charge in [0, 0.05) is 19.3 Å². The molecule has 0 saturated heterocycles. The molecule has 0 saturated carbocycles. The molecule has 0 atom stereocenters. The molecule has 5 nitrogen and oxygen atoms in total. The van der Waals surface area contributed by atoms with Crippen LogP contribution < -0.4 is 10.6 Å². The third-order valence-corrected chi connectivity index (χ3v) is 4.33. The molecular weight excluding hydrogens is 369 g/mol. The molecule has 0 unspecified atom stereocenters. The predicted octanol–water partition coefficient (Wildman–Crippen LogP) is 4.67. The van der Waals surface area contributed by atoms with Crippen molar-refractivity contribution in [2.45, 2.75) is 13.0 Å². The number of urea groups is 1. The fourth-order valence-corrected chi connectivity index (χ4v) is 2.80. The zero-order valence-corrected chi connectivity index (χ0v) is 16.1. The average Bonchev–Trinajstić information content (AvgIpc) is 2.72. The van der Waals surface area contributed by atoms with Crippen LogP contribution in [0.3, 0.4) is 0 Å². The lowest BCUT2D eigenvalue weighted by molar-refractivity contribution is -0.115. The van der Waals surface area contributed by atoms with Gasteiger partial charge < -0.3 is 15.5 Å². The quantitative estimate of drug-likeness (QED) is 0.641. The summed E-state index contributed by atoms with van der Waals surface area (Å²) in [5.41, 5.74) is 2.59. The number of amides is 3. The fraction of sp³-hybridized carbons (Fsp3) is 0.130. The van der Waals surface area contributed by atoms with Gasteiger partial charge in [-0.25, -0.2) is 9.18 Å². The molecular formula is C23H22FN3O2. The van der Waals surface area contributed by atoms with E-state index in [4.69, 9.17) is 0 Å². The third-order valence-electron chi connectivity index (χ3n) is 4.33. The van der Waals surface area contributed by atoms with E-state index in [1.807, 2.05) is 30.3 Å². The van der Waals surface area contributed by atoms with Gasteiger partial charge in [0.15, 0.2) is 0 Å². The van der Waals surface area contributed by atoms with Crippen molar-refractivity contribution in [3.8, 4) is 0 Å². The topological polar surface area (TPSA) is 61.4 Å². The van der Waals surface area contributed by atoms with Crippen molar-refractivity contribution in [2.24, 2.45) is 0 Å². The van der Waals surface area contributed by atoms with Gasteiger partial charge in [-0.1, -0.05) is 54.6 Å². The van der Waals surface area contributed by atoms with Crippen LogP contribution in [-0.4, -0.2) is 23.9 Å². The van der Waals surface area contributed by atoms with Crippen molar-refractivity contribution < 1.29 is 14.0 Å². The summed E-state index contributed by atoms with van der Waals surface area (Å²) in [6.07, 6.45) is 0.108. The molecule has 0 aromatic heterocycles. The van der Waals surface area contributed by atoms with Gasteiger partial charge in [-0.3, -0.25) is 4.79 Å². The molecule has 0 aliphatic carbocycles. The first-order valence-electron chi connectivity index (χ1n) is 9.20. The lowest BCUT2D eigenvalue weighted by atomic mass is 10.1. The maximum Gasteiger partial charge on any atom is 0.321 e. The Kier molecular flexibility index (Phi) is 6.58. The Hall–Kier alpha value is -3.67. The summed E-state index contributed by atoms with van der Waals surface area (Å²) in [6.45, 7) is 0.501. The van der Waals surface area contributed by atoms with Gasteiger partial charge in [-0.05, 0) is 35.4 Å². The Morgan fingerprint density at radius 1 is 0.828 bits per heavy atom. The molecule has 0 aliphatic heterocycles. The van der Waals surface area contributed by atoms with Crippen molar-refractivity contribution in [2.75, 3.05) is 17.7 Å². The van der Waals surface area contributed by atoms with Crippen LogP contribution in [0.5, 0.6) is 0 Å². The average molecular weight is 391 g/mol. The summed E-state index contributed by atoms with van der Waals surface area (Å²) in [6, 6.07) is 22.5. The van der Waals surface area contributed by atoms with Gasteiger partial charge in [0.1, 0.15) is 5.82 Å². The van der Waals surface area contributed by atoms with Gasteiger partial charge in [0.2, 0.25) is 5.91 Å². The predicted molar refractivity (Wildman–Crippen MR) is 112 cm³/mol. The van der Waals surface area contributed by atoms with Gasteiger partial charge in [0.05, 0.1) is 12.1 Å². The van der Waals surface area contributed by atoms with Crippen LogP contribution in [0.25, 0.3) is 0 Å². The van der Waals surface area contributed by atoms with E-state index in [9.17, 15) is 14.0 Å². The third kappa shape index (κ3) is 5.90. The Balaban J connectivity index is 1.52. The number of carbonyl (C=O) groups is 2. The normalized spacial score (nSPS) is 10.3. The van der Waals surface area contributed by atoms with E-state index >= 15 is 0 Å². The number of halogens is 1. The standard InChI is InChI=1S/C23H22FN3O2/c1-27(16-18-7-3-2-4-8-18)23(29)25-19-13-11-17(12-14-19)15-22(28)26-21-10-6-5-9-20(21)24/h2-14H,15-16H2,1H3,(H,25,29)(H,26,28). The largest absolute Gasteiger partial charge is 0.323 e. The zero-order chi connectivity index (χ0) is 20.6. The first kappa shape index (κ1) is 20.1. The van der Waals surface area contributed by atoms with E-state index < -0.39 is 5.82 Å². The molecule has 0 spiro atoms. The number of para-hydroxylation sites is 1. The maximum absolute atomic E-state index is 13.6. The molecule has 148 valence electrons. The summed E-state index contributed by atoms with van der Waals surface area (Å²) >= 11 is 0. The second kappa shape index (κ2) is 9.50. The van der Waals surface area contributed by atoms with Gasteiger partial charge >= 0.3 is 6.03 Å².